The van der Waals surface area contributed by atoms with E-state index in [0.717, 1.165) is 5.56 Å². The van der Waals surface area contributed by atoms with Crippen LogP contribution in [0.5, 0.6) is 0 Å². The zero-order valence-corrected chi connectivity index (χ0v) is 16.6. The molecule has 1 aliphatic carbocycles. The molecule has 0 bridgehead atoms. The Hall–Kier alpha value is -2.17. The number of nitrogens with one attached hydrogen (secondary N) is 1. The van der Waals surface area contributed by atoms with Gasteiger partial charge in [-0.1, -0.05) is 58.0 Å². The van der Waals surface area contributed by atoms with Crippen LogP contribution in [0, 0.1) is 35.5 Å². The van der Waals surface area contributed by atoms with Gasteiger partial charge in [0.2, 0.25) is 5.91 Å². The SMILES string of the molecule is CC(C)CC(=O)[C@@H]1[C@@H](C(C)C)[C@H](C(=O)NCc2ccccc2)C[C@@H]1C(=O)O. The Bertz CT molecular complexity index is 668. The van der Waals surface area contributed by atoms with Crippen molar-refractivity contribution in [1.29, 1.82) is 0 Å². The Morgan fingerprint density at radius 2 is 1.70 bits per heavy atom. The highest BCUT2D eigenvalue weighted by Crippen LogP contribution is 2.47. The van der Waals surface area contributed by atoms with Gasteiger partial charge in [-0.3, -0.25) is 14.4 Å². The van der Waals surface area contributed by atoms with E-state index in [2.05, 4.69) is 5.32 Å². The lowest BCUT2D eigenvalue weighted by Crippen LogP contribution is -2.37. The van der Waals surface area contributed by atoms with E-state index < -0.39 is 23.7 Å². The maximum absolute atomic E-state index is 12.9. The summed E-state index contributed by atoms with van der Waals surface area (Å²) in [5.74, 6) is -2.97. The fourth-order valence-electron chi connectivity index (χ4n) is 4.41. The summed E-state index contributed by atoms with van der Waals surface area (Å²) in [5.41, 5.74) is 0.993. The molecule has 4 atom stereocenters. The minimum absolute atomic E-state index is 0.0190. The summed E-state index contributed by atoms with van der Waals surface area (Å²) in [6.45, 7) is 8.27. The summed E-state index contributed by atoms with van der Waals surface area (Å²) in [6, 6.07) is 9.61. The number of carboxylic acid groups (broad SMARTS) is 1. The minimum Gasteiger partial charge on any atom is -0.481 e. The van der Waals surface area contributed by atoms with Gasteiger partial charge in [0.05, 0.1) is 5.92 Å². The van der Waals surface area contributed by atoms with E-state index in [1.165, 1.54) is 0 Å². The van der Waals surface area contributed by atoms with Crippen molar-refractivity contribution in [3.8, 4) is 0 Å². The molecule has 27 heavy (non-hydrogen) atoms. The summed E-state index contributed by atoms with van der Waals surface area (Å²) in [7, 11) is 0. The minimum atomic E-state index is -0.971. The second-order valence-electron chi connectivity index (χ2n) is 8.40. The first kappa shape index (κ1) is 21.1. The molecule has 0 aliphatic heterocycles. The van der Waals surface area contributed by atoms with E-state index in [1.807, 2.05) is 58.0 Å². The van der Waals surface area contributed by atoms with Crippen molar-refractivity contribution in [2.45, 2.75) is 47.1 Å². The Morgan fingerprint density at radius 3 is 2.22 bits per heavy atom. The molecule has 2 N–H and O–H groups in total. The van der Waals surface area contributed by atoms with Gasteiger partial charge in [0.15, 0.2) is 0 Å². The molecule has 1 saturated carbocycles. The van der Waals surface area contributed by atoms with Gasteiger partial charge in [-0.05, 0) is 29.7 Å². The number of aliphatic carboxylic acids is 1. The monoisotopic (exact) mass is 373 g/mol. The van der Waals surface area contributed by atoms with Crippen LogP contribution in [0.15, 0.2) is 30.3 Å². The molecule has 0 heterocycles. The third kappa shape index (κ3) is 5.18. The first-order chi connectivity index (χ1) is 12.7. The highest BCUT2D eigenvalue weighted by atomic mass is 16.4. The molecule has 1 amide bonds. The van der Waals surface area contributed by atoms with Crippen LogP contribution in [0.25, 0.3) is 0 Å². The Labute approximate surface area is 161 Å². The quantitative estimate of drug-likeness (QED) is 0.730. The Kier molecular flexibility index (Phi) is 7.17. The molecule has 0 spiro atoms. The normalized spacial score (nSPS) is 25.0. The van der Waals surface area contributed by atoms with E-state index in [-0.39, 0.29) is 35.9 Å². The number of carboxylic acids is 1. The second-order valence-corrected chi connectivity index (χ2v) is 8.40. The number of amides is 1. The highest BCUT2D eigenvalue weighted by molar-refractivity contribution is 5.90. The molecule has 1 aliphatic rings. The lowest BCUT2D eigenvalue weighted by molar-refractivity contribution is -0.146. The van der Waals surface area contributed by atoms with E-state index in [1.54, 1.807) is 0 Å². The van der Waals surface area contributed by atoms with E-state index >= 15 is 0 Å². The second kappa shape index (κ2) is 9.16. The average molecular weight is 373 g/mol. The number of rotatable bonds is 8. The number of ketones is 1. The van der Waals surface area contributed by atoms with Crippen molar-refractivity contribution in [3.05, 3.63) is 35.9 Å². The van der Waals surface area contributed by atoms with Crippen LogP contribution in [0.1, 0.15) is 46.1 Å². The zero-order valence-electron chi connectivity index (χ0n) is 16.6. The number of carbonyl (C=O) groups excluding carboxylic acids is 2. The molecule has 1 fully saturated rings. The number of hydrogen-bond acceptors (Lipinski definition) is 3. The molecule has 1 aromatic rings. The van der Waals surface area contributed by atoms with Crippen LogP contribution in [0.3, 0.4) is 0 Å². The summed E-state index contributed by atoms with van der Waals surface area (Å²) < 4.78 is 0. The maximum atomic E-state index is 12.9. The van der Waals surface area contributed by atoms with Crippen molar-refractivity contribution in [1.82, 2.24) is 5.32 Å². The number of hydrogen-bond donors (Lipinski definition) is 2. The van der Waals surface area contributed by atoms with E-state index in [0.29, 0.717) is 13.0 Å². The van der Waals surface area contributed by atoms with Crippen LogP contribution in [-0.2, 0) is 20.9 Å². The van der Waals surface area contributed by atoms with Gasteiger partial charge in [-0.15, -0.1) is 0 Å². The average Bonchev–Trinajstić information content (AvgIpc) is 3.01. The van der Waals surface area contributed by atoms with Gasteiger partial charge in [0, 0.05) is 24.8 Å². The van der Waals surface area contributed by atoms with Gasteiger partial charge in [0.1, 0.15) is 5.78 Å². The smallest absolute Gasteiger partial charge is 0.307 e. The molecule has 0 radical (unpaired) electrons. The third-order valence-corrected chi connectivity index (χ3v) is 5.54. The fourth-order valence-corrected chi connectivity index (χ4v) is 4.41. The highest BCUT2D eigenvalue weighted by Gasteiger charge is 2.52. The maximum Gasteiger partial charge on any atom is 0.307 e. The van der Waals surface area contributed by atoms with Crippen molar-refractivity contribution >= 4 is 17.7 Å². The van der Waals surface area contributed by atoms with E-state index in [9.17, 15) is 19.5 Å². The number of carbonyl (C=O) groups is 3. The van der Waals surface area contributed by atoms with Gasteiger partial charge in [-0.25, -0.2) is 0 Å². The van der Waals surface area contributed by atoms with Gasteiger partial charge in [0.25, 0.3) is 0 Å². The lowest BCUT2D eigenvalue weighted by Gasteiger charge is -2.28. The summed E-state index contributed by atoms with van der Waals surface area (Å²) in [6.07, 6.45) is 0.587. The molecule has 148 valence electrons. The van der Waals surface area contributed by atoms with Gasteiger partial charge < -0.3 is 10.4 Å². The van der Waals surface area contributed by atoms with Gasteiger partial charge >= 0.3 is 5.97 Å². The molecular weight excluding hydrogens is 342 g/mol. The lowest BCUT2D eigenvalue weighted by atomic mass is 9.75. The van der Waals surface area contributed by atoms with Gasteiger partial charge in [-0.2, -0.15) is 0 Å². The molecule has 5 heteroatoms. The summed E-state index contributed by atoms with van der Waals surface area (Å²) in [4.78, 5) is 37.5. The Balaban J connectivity index is 2.20. The van der Waals surface area contributed by atoms with Crippen molar-refractivity contribution in [2.75, 3.05) is 0 Å². The van der Waals surface area contributed by atoms with Crippen LogP contribution >= 0.6 is 0 Å². The van der Waals surface area contributed by atoms with Crippen LogP contribution in [-0.4, -0.2) is 22.8 Å². The predicted octanol–water partition coefficient (Wildman–Crippen LogP) is 3.53. The first-order valence-corrected chi connectivity index (χ1v) is 9.79. The number of benzene rings is 1. The molecule has 2 rings (SSSR count). The van der Waals surface area contributed by atoms with Crippen molar-refractivity contribution < 1.29 is 19.5 Å². The fraction of sp³-hybridized carbons (Fsp3) is 0.591. The predicted molar refractivity (Wildman–Crippen MR) is 104 cm³/mol. The first-order valence-electron chi connectivity index (χ1n) is 9.79. The molecule has 5 nitrogen and oxygen atoms in total. The van der Waals surface area contributed by atoms with Crippen molar-refractivity contribution in [3.63, 3.8) is 0 Å². The third-order valence-electron chi connectivity index (χ3n) is 5.54. The largest absolute Gasteiger partial charge is 0.481 e. The molecular formula is C22H31NO4. The van der Waals surface area contributed by atoms with Crippen LogP contribution in [0.4, 0.5) is 0 Å². The Morgan fingerprint density at radius 1 is 1.07 bits per heavy atom. The number of Topliss-reactive ketones (excluding diaryl/α,β-unsaturated/α-hetero) is 1. The zero-order chi connectivity index (χ0) is 20.1. The molecule has 0 unspecified atom stereocenters. The molecule has 1 aromatic carbocycles. The standard InChI is InChI=1S/C22H31NO4/c1-13(2)10-18(24)20-17(22(26)27)11-16(19(20)14(3)4)21(25)23-12-15-8-6-5-7-9-15/h5-9,13-14,16-17,19-20H,10-12H2,1-4H3,(H,23,25)(H,26,27)/t16-,17+,19+,20-/m1/s1. The molecule has 0 saturated heterocycles. The topological polar surface area (TPSA) is 83.5 Å². The summed E-state index contributed by atoms with van der Waals surface area (Å²) in [5, 5.41) is 12.6. The van der Waals surface area contributed by atoms with Crippen LogP contribution in [0.2, 0.25) is 0 Å². The van der Waals surface area contributed by atoms with E-state index in [4.69, 9.17) is 0 Å². The van der Waals surface area contributed by atoms with Crippen molar-refractivity contribution in [2.24, 2.45) is 35.5 Å². The van der Waals surface area contributed by atoms with Crippen LogP contribution < -0.4 is 5.32 Å². The summed E-state index contributed by atoms with van der Waals surface area (Å²) >= 11 is 0. The molecule has 0 aromatic heterocycles.